The van der Waals surface area contributed by atoms with Crippen LogP contribution in [0.3, 0.4) is 0 Å². The summed E-state index contributed by atoms with van der Waals surface area (Å²) in [5, 5.41) is 6.76. The largest absolute Gasteiger partial charge is 0.385 e. The van der Waals surface area contributed by atoms with Crippen LogP contribution < -0.4 is 10.6 Å². The normalized spacial score (nSPS) is 21.6. The topological polar surface area (TPSA) is 45.6 Å². The summed E-state index contributed by atoms with van der Waals surface area (Å²) in [7, 11) is 1.78. The molecule has 0 radical (unpaired) electrons. The zero-order valence-corrected chi connectivity index (χ0v) is 13.0. The fourth-order valence-electron chi connectivity index (χ4n) is 2.43. The number of methoxy groups -OCH3 is 1. The Kier molecular flexibility index (Phi) is 6.54. The van der Waals surface area contributed by atoms with Gasteiger partial charge in [-0.25, -0.2) is 0 Å². The fraction of sp³-hybridized carbons (Fsp3) is 0.917. The molecule has 0 amide bonds. The van der Waals surface area contributed by atoms with E-state index in [4.69, 9.17) is 4.74 Å². The molecular formula is C12H24IN3O. The summed E-state index contributed by atoms with van der Waals surface area (Å²) in [6.45, 7) is 3.93. The maximum absolute atomic E-state index is 5.19. The summed E-state index contributed by atoms with van der Waals surface area (Å²) in [6, 6.07) is 0. The van der Waals surface area contributed by atoms with Gasteiger partial charge >= 0.3 is 0 Å². The van der Waals surface area contributed by atoms with E-state index in [0.717, 1.165) is 38.6 Å². The first-order valence-electron chi connectivity index (χ1n) is 6.36. The first-order chi connectivity index (χ1) is 7.85. The highest BCUT2D eigenvalue weighted by Crippen LogP contribution is 2.43. The molecule has 0 saturated heterocycles. The Balaban J connectivity index is 0.00000144. The van der Waals surface area contributed by atoms with Gasteiger partial charge in [0.15, 0.2) is 5.96 Å². The van der Waals surface area contributed by atoms with Crippen molar-refractivity contribution in [2.24, 2.45) is 10.4 Å². The van der Waals surface area contributed by atoms with Crippen molar-refractivity contribution in [3.05, 3.63) is 0 Å². The smallest absolute Gasteiger partial charge is 0.191 e. The number of hydrogen-bond acceptors (Lipinski definition) is 4. The quantitative estimate of drug-likeness (QED) is 0.741. The van der Waals surface area contributed by atoms with Gasteiger partial charge in [-0.2, -0.15) is 0 Å². The second kappa shape index (κ2) is 7.41. The van der Waals surface area contributed by atoms with E-state index in [1.54, 1.807) is 7.11 Å². The summed E-state index contributed by atoms with van der Waals surface area (Å²) in [5.74, 6) is 0.995. The van der Waals surface area contributed by atoms with E-state index in [1.807, 2.05) is 0 Å². The summed E-state index contributed by atoms with van der Waals surface area (Å²) < 4.78 is 5.19. The van der Waals surface area contributed by atoms with Crippen LogP contribution in [0, 0.1) is 5.41 Å². The standard InChI is InChI=1S/C12H23N3O.HI/c1-16-9-6-12(4-2-5-12)10-15-11-13-7-3-8-14-11;/h2-10H2,1H3,(H2,13,14,15);1H. The molecule has 0 atom stereocenters. The third-order valence-corrected chi connectivity index (χ3v) is 3.78. The van der Waals surface area contributed by atoms with E-state index in [2.05, 4.69) is 15.6 Å². The molecular weight excluding hydrogens is 329 g/mol. The second-order valence-corrected chi connectivity index (χ2v) is 4.96. The number of guanidine groups is 1. The number of aliphatic imine (C=N–C) groups is 1. The Bertz CT molecular complexity index is 254. The van der Waals surface area contributed by atoms with E-state index >= 15 is 0 Å². The van der Waals surface area contributed by atoms with Crippen molar-refractivity contribution in [2.45, 2.75) is 32.1 Å². The minimum atomic E-state index is 0. The fourth-order valence-corrected chi connectivity index (χ4v) is 2.43. The monoisotopic (exact) mass is 353 g/mol. The Morgan fingerprint density at radius 3 is 2.76 bits per heavy atom. The predicted octanol–water partition coefficient (Wildman–Crippen LogP) is 1.75. The van der Waals surface area contributed by atoms with Gasteiger partial charge in [0.25, 0.3) is 0 Å². The molecule has 2 aliphatic rings. The Labute approximate surface area is 121 Å². The maximum atomic E-state index is 5.19. The van der Waals surface area contributed by atoms with Gasteiger partial charge < -0.3 is 15.4 Å². The minimum absolute atomic E-state index is 0. The predicted molar refractivity (Wildman–Crippen MR) is 81.1 cm³/mol. The van der Waals surface area contributed by atoms with Crippen LogP contribution in [0.1, 0.15) is 32.1 Å². The van der Waals surface area contributed by atoms with E-state index < -0.39 is 0 Å². The van der Waals surface area contributed by atoms with Crippen molar-refractivity contribution in [3.63, 3.8) is 0 Å². The minimum Gasteiger partial charge on any atom is -0.385 e. The average molecular weight is 353 g/mol. The molecule has 2 rings (SSSR count). The first-order valence-corrected chi connectivity index (χ1v) is 6.36. The summed E-state index contributed by atoms with van der Waals surface area (Å²) in [5.41, 5.74) is 0.470. The van der Waals surface area contributed by atoms with Crippen LogP contribution in [0.5, 0.6) is 0 Å². The molecule has 1 aliphatic carbocycles. The average Bonchev–Trinajstić information content (AvgIpc) is 2.29. The molecule has 0 spiro atoms. The molecule has 100 valence electrons. The molecule has 4 nitrogen and oxygen atoms in total. The summed E-state index contributed by atoms with van der Waals surface area (Å²) in [6.07, 6.45) is 6.35. The van der Waals surface area contributed by atoms with Gasteiger partial charge in [-0.05, 0) is 31.1 Å². The van der Waals surface area contributed by atoms with Crippen LogP contribution in [-0.2, 0) is 4.74 Å². The molecule has 0 bridgehead atoms. The van der Waals surface area contributed by atoms with E-state index in [1.165, 1.54) is 25.7 Å². The summed E-state index contributed by atoms with van der Waals surface area (Å²) in [4.78, 5) is 4.43. The van der Waals surface area contributed by atoms with Crippen LogP contribution in [0.25, 0.3) is 0 Å². The van der Waals surface area contributed by atoms with Gasteiger partial charge in [-0.3, -0.25) is 4.99 Å². The molecule has 17 heavy (non-hydrogen) atoms. The van der Waals surface area contributed by atoms with Gasteiger partial charge in [0.1, 0.15) is 0 Å². The number of nitrogens with zero attached hydrogens (tertiary/aromatic N) is 1. The lowest BCUT2D eigenvalue weighted by Crippen LogP contribution is -2.48. The molecule has 2 N–H and O–H groups in total. The van der Waals surface area contributed by atoms with Crippen molar-refractivity contribution in [3.8, 4) is 0 Å². The second-order valence-electron chi connectivity index (χ2n) is 4.96. The van der Waals surface area contributed by atoms with Crippen LogP contribution in [0.2, 0.25) is 0 Å². The van der Waals surface area contributed by atoms with Crippen molar-refractivity contribution in [1.29, 1.82) is 0 Å². The van der Waals surface area contributed by atoms with Crippen molar-refractivity contribution in [1.82, 2.24) is 10.6 Å². The zero-order valence-electron chi connectivity index (χ0n) is 10.6. The molecule has 1 saturated carbocycles. The Hall–Kier alpha value is -0.0400. The SMILES string of the molecule is COCCC1(CNC2=NCCCN2)CCC1.I. The number of nitrogens with one attached hydrogen (secondary N) is 2. The highest BCUT2D eigenvalue weighted by Gasteiger charge is 2.36. The van der Waals surface area contributed by atoms with Gasteiger partial charge in [0, 0.05) is 33.4 Å². The number of rotatable bonds is 5. The van der Waals surface area contributed by atoms with E-state index in [0.29, 0.717) is 5.41 Å². The van der Waals surface area contributed by atoms with Crippen LogP contribution >= 0.6 is 24.0 Å². The van der Waals surface area contributed by atoms with Gasteiger partial charge in [0.2, 0.25) is 0 Å². The van der Waals surface area contributed by atoms with Crippen molar-refractivity contribution in [2.75, 3.05) is 33.4 Å². The molecule has 1 aliphatic heterocycles. The molecule has 0 unspecified atom stereocenters. The lowest BCUT2D eigenvalue weighted by molar-refractivity contribution is 0.0732. The Morgan fingerprint density at radius 1 is 1.41 bits per heavy atom. The van der Waals surface area contributed by atoms with Crippen molar-refractivity contribution >= 4 is 29.9 Å². The third kappa shape index (κ3) is 4.28. The maximum Gasteiger partial charge on any atom is 0.191 e. The van der Waals surface area contributed by atoms with E-state index in [9.17, 15) is 0 Å². The Morgan fingerprint density at radius 2 is 2.24 bits per heavy atom. The molecule has 1 fully saturated rings. The lowest BCUT2D eigenvalue weighted by Gasteiger charge is -2.42. The molecule has 5 heteroatoms. The number of ether oxygens (including phenoxy) is 1. The van der Waals surface area contributed by atoms with Crippen LogP contribution in [0.15, 0.2) is 4.99 Å². The summed E-state index contributed by atoms with van der Waals surface area (Å²) >= 11 is 0. The molecule has 1 heterocycles. The van der Waals surface area contributed by atoms with Crippen LogP contribution in [0.4, 0.5) is 0 Å². The van der Waals surface area contributed by atoms with Crippen molar-refractivity contribution < 1.29 is 4.74 Å². The molecule has 0 aromatic heterocycles. The number of hydrogen-bond donors (Lipinski definition) is 2. The van der Waals surface area contributed by atoms with Gasteiger partial charge in [-0.15, -0.1) is 24.0 Å². The van der Waals surface area contributed by atoms with Gasteiger partial charge in [0.05, 0.1) is 0 Å². The molecule has 0 aromatic rings. The highest BCUT2D eigenvalue weighted by atomic mass is 127. The zero-order chi connectivity index (χ0) is 11.3. The first kappa shape index (κ1) is 15.0. The lowest BCUT2D eigenvalue weighted by atomic mass is 9.67. The third-order valence-electron chi connectivity index (χ3n) is 3.78. The van der Waals surface area contributed by atoms with Crippen LogP contribution in [-0.4, -0.2) is 39.3 Å². The number of halogens is 1. The van der Waals surface area contributed by atoms with E-state index in [-0.39, 0.29) is 24.0 Å². The highest BCUT2D eigenvalue weighted by molar-refractivity contribution is 14.0. The molecule has 0 aromatic carbocycles. The van der Waals surface area contributed by atoms with Gasteiger partial charge in [-0.1, -0.05) is 6.42 Å².